The predicted molar refractivity (Wildman–Crippen MR) is 91.1 cm³/mol. The monoisotopic (exact) mass is 328 g/mol. The lowest BCUT2D eigenvalue weighted by Gasteiger charge is -2.31. The van der Waals surface area contributed by atoms with Gasteiger partial charge in [0.05, 0.1) is 16.8 Å². The molecule has 3 rings (SSSR count). The molecule has 1 aromatic carbocycles. The van der Waals surface area contributed by atoms with E-state index >= 15 is 0 Å². The zero-order chi connectivity index (χ0) is 17.1. The fourth-order valence-corrected chi connectivity index (χ4v) is 3.17. The molecule has 1 unspecified atom stereocenters. The molecule has 1 saturated heterocycles. The van der Waals surface area contributed by atoms with Crippen molar-refractivity contribution in [1.29, 1.82) is 0 Å². The molecule has 2 heterocycles. The van der Waals surface area contributed by atoms with Crippen LogP contribution in [0.15, 0.2) is 28.8 Å². The van der Waals surface area contributed by atoms with E-state index in [0.717, 1.165) is 36.5 Å². The maximum atomic E-state index is 12.9. The zero-order valence-corrected chi connectivity index (χ0v) is 14.5. The van der Waals surface area contributed by atoms with Crippen LogP contribution < -0.4 is 4.74 Å². The zero-order valence-electron chi connectivity index (χ0n) is 14.5. The number of hydrogen-bond acceptors (Lipinski definition) is 4. The van der Waals surface area contributed by atoms with Crippen LogP contribution in [0.2, 0.25) is 0 Å². The Hall–Kier alpha value is -2.30. The first-order valence-electron chi connectivity index (χ1n) is 8.49. The number of ether oxygens (including phenoxy) is 1. The number of hydrogen-bond donors (Lipinski definition) is 0. The van der Waals surface area contributed by atoms with E-state index in [0.29, 0.717) is 23.8 Å². The molecule has 1 aromatic heterocycles. The summed E-state index contributed by atoms with van der Waals surface area (Å²) in [5, 5.41) is 3.94. The van der Waals surface area contributed by atoms with Crippen LogP contribution in [-0.2, 0) is 6.61 Å². The number of likely N-dealkylation sites (tertiary alicyclic amines) is 1. The minimum Gasteiger partial charge on any atom is -0.488 e. The lowest BCUT2D eigenvalue weighted by Crippen LogP contribution is -2.39. The van der Waals surface area contributed by atoms with Crippen LogP contribution in [0.1, 0.15) is 47.1 Å². The van der Waals surface area contributed by atoms with E-state index in [-0.39, 0.29) is 5.91 Å². The van der Waals surface area contributed by atoms with Gasteiger partial charge in [0.1, 0.15) is 18.1 Å². The topological polar surface area (TPSA) is 55.6 Å². The van der Waals surface area contributed by atoms with Crippen LogP contribution in [0.3, 0.4) is 0 Å². The minimum atomic E-state index is 0.0518. The molecule has 0 radical (unpaired) electrons. The molecular formula is C19H24N2O3. The number of amides is 1. The molecule has 0 aliphatic carbocycles. The SMILES string of the molecule is Cc1noc(C)c1COc1ccccc1C(=O)N1CCCC(C)C1. The summed E-state index contributed by atoms with van der Waals surface area (Å²) in [5.41, 5.74) is 2.38. The molecule has 0 N–H and O–H groups in total. The van der Waals surface area contributed by atoms with E-state index in [9.17, 15) is 4.79 Å². The highest BCUT2D eigenvalue weighted by atomic mass is 16.5. The van der Waals surface area contributed by atoms with Gasteiger partial charge in [-0.2, -0.15) is 0 Å². The smallest absolute Gasteiger partial charge is 0.257 e. The van der Waals surface area contributed by atoms with Gasteiger partial charge in [-0.25, -0.2) is 0 Å². The largest absolute Gasteiger partial charge is 0.488 e. The van der Waals surface area contributed by atoms with Crippen molar-refractivity contribution in [3.8, 4) is 5.75 Å². The molecule has 1 aliphatic rings. The van der Waals surface area contributed by atoms with E-state index < -0.39 is 0 Å². The summed E-state index contributed by atoms with van der Waals surface area (Å²) < 4.78 is 11.1. The van der Waals surface area contributed by atoms with Crippen molar-refractivity contribution in [2.45, 2.75) is 40.2 Å². The highest BCUT2D eigenvalue weighted by Gasteiger charge is 2.24. The molecule has 5 heteroatoms. The Kier molecular flexibility index (Phi) is 4.88. The predicted octanol–water partition coefficient (Wildman–Crippen LogP) is 3.74. The summed E-state index contributed by atoms with van der Waals surface area (Å²) in [7, 11) is 0. The highest BCUT2D eigenvalue weighted by Crippen LogP contribution is 2.25. The van der Waals surface area contributed by atoms with Gasteiger partial charge in [0, 0.05) is 13.1 Å². The molecule has 1 fully saturated rings. The molecule has 1 atom stereocenters. The highest BCUT2D eigenvalue weighted by molar-refractivity contribution is 5.97. The van der Waals surface area contributed by atoms with Gasteiger partial charge in [0.25, 0.3) is 5.91 Å². The number of carbonyl (C=O) groups is 1. The van der Waals surface area contributed by atoms with Crippen LogP contribution in [0.5, 0.6) is 5.75 Å². The normalized spacial score (nSPS) is 17.8. The standard InChI is InChI=1S/C19H24N2O3/c1-13-7-6-10-21(11-13)19(22)16-8-4-5-9-18(16)23-12-17-14(2)20-24-15(17)3/h4-5,8-9,13H,6-7,10-12H2,1-3H3. The van der Waals surface area contributed by atoms with Gasteiger partial charge in [-0.05, 0) is 44.7 Å². The van der Waals surface area contributed by atoms with Gasteiger partial charge < -0.3 is 14.2 Å². The number of nitrogens with zero attached hydrogens (tertiary/aromatic N) is 2. The van der Waals surface area contributed by atoms with E-state index in [4.69, 9.17) is 9.26 Å². The van der Waals surface area contributed by atoms with Gasteiger partial charge in [0.2, 0.25) is 0 Å². The van der Waals surface area contributed by atoms with Crippen molar-refractivity contribution < 1.29 is 14.1 Å². The third-order valence-corrected chi connectivity index (χ3v) is 4.61. The van der Waals surface area contributed by atoms with Gasteiger partial charge in [0.15, 0.2) is 0 Å². The summed E-state index contributed by atoms with van der Waals surface area (Å²) in [4.78, 5) is 14.8. The first kappa shape index (κ1) is 16.6. The molecule has 128 valence electrons. The van der Waals surface area contributed by atoms with Crippen molar-refractivity contribution in [3.05, 3.63) is 46.8 Å². The van der Waals surface area contributed by atoms with Crippen molar-refractivity contribution in [2.75, 3.05) is 13.1 Å². The molecule has 1 amide bonds. The number of piperidine rings is 1. The second-order valence-electron chi connectivity index (χ2n) is 6.59. The second-order valence-corrected chi connectivity index (χ2v) is 6.59. The Morgan fingerprint density at radius 1 is 1.38 bits per heavy atom. The first-order chi connectivity index (χ1) is 11.6. The van der Waals surface area contributed by atoms with Gasteiger partial charge in [-0.3, -0.25) is 4.79 Å². The van der Waals surface area contributed by atoms with Crippen LogP contribution in [-0.4, -0.2) is 29.1 Å². The number of aryl methyl sites for hydroxylation is 2. The molecule has 2 aromatic rings. The van der Waals surface area contributed by atoms with E-state index in [1.165, 1.54) is 6.42 Å². The maximum Gasteiger partial charge on any atom is 0.257 e. The molecule has 1 aliphatic heterocycles. The number of carbonyl (C=O) groups excluding carboxylic acids is 1. The van der Waals surface area contributed by atoms with E-state index in [2.05, 4.69) is 12.1 Å². The van der Waals surface area contributed by atoms with E-state index in [1.807, 2.05) is 43.0 Å². The summed E-state index contributed by atoms with van der Waals surface area (Å²) >= 11 is 0. The Labute approximate surface area is 142 Å². The number of rotatable bonds is 4. The average molecular weight is 328 g/mol. The minimum absolute atomic E-state index is 0.0518. The summed E-state index contributed by atoms with van der Waals surface area (Å²) in [6.45, 7) is 7.94. The van der Waals surface area contributed by atoms with Crippen molar-refractivity contribution >= 4 is 5.91 Å². The molecular weight excluding hydrogens is 304 g/mol. The van der Waals surface area contributed by atoms with Gasteiger partial charge >= 0.3 is 0 Å². The average Bonchev–Trinajstić information content (AvgIpc) is 2.91. The lowest BCUT2D eigenvalue weighted by atomic mass is 9.99. The third-order valence-electron chi connectivity index (χ3n) is 4.61. The Morgan fingerprint density at radius 2 is 2.17 bits per heavy atom. The van der Waals surface area contributed by atoms with Crippen molar-refractivity contribution in [1.82, 2.24) is 10.1 Å². The third kappa shape index (κ3) is 3.45. The fourth-order valence-electron chi connectivity index (χ4n) is 3.17. The van der Waals surface area contributed by atoms with Gasteiger partial charge in [-0.15, -0.1) is 0 Å². The van der Waals surface area contributed by atoms with Crippen LogP contribution in [0.25, 0.3) is 0 Å². The Morgan fingerprint density at radius 3 is 2.88 bits per heavy atom. The quantitative estimate of drug-likeness (QED) is 0.858. The van der Waals surface area contributed by atoms with E-state index in [1.54, 1.807) is 0 Å². The summed E-state index contributed by atoms with van der Waals surface area (Å²) in [6.07, 6.45) is 2.25. The summed E-state index contributed by atoms with van der Waals surface area (Å²) in [6, 6.07) is 7.45. The Balaban J connectivity index is 1.76. The molecule has 0 spiro atoms. The number of aromatic nitrogens is 1. The van der Waals surface area contributed by atoms with Crippen molar-refractivity contribution in [3.63, 3.8) is 0 Å². The molecule has 24 heavy (non-hydrogen) atoms. The maximum absolute atomic E-state index is 12.9. The first-order valence-corrected chi connectivity index (χ1v) is 8.49. The molecule has 0 saturated carbocycles. The van der Waals surface area contributed by atoms with Gasteiger partial charge in [-0.1, -0.05) is 24.2 Å². The Bertz CT molecular complexity index is 704. The summed E-state index contributed by atoms with van der Waals surface area (Å²) in [5.74, 6) is 1.97. The number of para-hydroxylation sites is 1. The van der Waals surface area contributed by atoms with Crippen LogP contribution in [0, 0.1) is 19.8 Å². The molecule has 5 nitrogen and oxygen atoms in total. The number of benzene rings is 1. The lowest BCUT2D eigenvalue weighted by molar-refractivity contribution is 0.0678. The van der Waals surface area contributed by atoms with Crippen LogP contribution in [0.4, 0.5) is 0 Å². The fraction of sp³-hybridized carbons (Fsp3) is 0.474. The molecule has 0 bridgehead atoms. The van der Waals surface area contributed by atoms with Crippen LogP contribution >= 0.6 is 0 Å². The second kappa shape index (κ2) is 7.07. The van der Waals surface area contributed by atoms with Crippen molar-refractivity contribution in [2.24, 2.45) is 5.92 Å².